The number of methoxy groups -OCH3 is 1. The van der Waals surface area contributed by atoms with E-state index in [9.17, 15) is 23.1 Å². The zero-order valence-corrected chi connectivity index (χ0v) is 14.1. The van der Waals surface area contributed by atoms with Crippen molar-refractivity contribution in [3.05, 3.63) is 23.8 Å². The van der Waals surface area contributed by atoms with Crippen LogP contribution in [0, 0.1) is 0 Å². The molecule has 1 aromatic carbocycles. The molecular formula is C15H19N2O6S-. The van der Waals surface area contributed by atoms with Gasteiger partial charge in [0.25, 0.3) is 0 Å². The molecule has 1 aromatic rings. The van der Waals surface area contributed by atoms with Crippen molar-refractivity contribution in [3.63, 3.8) is 0 Å². The number of aromatic carboxylic acids is 1. The Morgan fingerprint density at radius 1 is 1.42 bits per heavy atom. The van der Waals surface area contributed by atoms with Crippen molar-refractivity contribution >= 4 is 21.9 Å². The van der Waals surface area contributed by atoms with E-state index in [1.54, 1.807) is 4.90 Å². The quantitative estimate of drug-likeness (QED) is 0.620. The fourth-order valence-electron chi connectivity index (χ4n) is 2.51. The molecule has 0 unspecified atom stereocenters. The van der Waals surface area contributed by atoms with Crippen LogP contribution < -0.4 is 14.6 Å². The molecule has 1 amide bonds. The first kappa shape index (κ1) is 18.2. The standard InChI is InChI=1S/C15H20N2O6S/c1-23-12-6-5-11(15(19)20)10-13(12)24(21,22)16-7-3-9-17-8-2-4-14(17)18/h5-6,10,16H,2-4,7-9H2,1H3,(H,19,20)/p-1. The van der Waals surface area contributed by atoms with E-state index in [1.807, 2.05) is 0 Å². The van der Waals surface area contributed by atoms with E-state index in [0.29, 0.717) is 25.9 Å². The molecule has 1 saturated heterocycles. The largest absolute Gasteiger partial charge is 0.545 e. The maximum atomic E-state index is 12.4. The summed E-state index contributed by atoms with van der Waals surface area (Å²) in [6.07, 6.45) is 1.84. The number of carbonyl (C=O) groups excluding carboxylic acids is 2. The van der Waals surface area contributed by atoms with E-state index in [4.69, 9.17) is 4.74 Å². The number of nitrogens with one attached hydrogen (secondary N) is 1. The maximum absolute atomic E-state index is 12.4. The van der Waals surface area contributed by atoms with Gasteiger partial charge >= 0.3 is 0 Å². The van der Waals surface area contributed by atoms with E-state index >= 15 is 0 Å². The minimum absolute atomic E-state index is 0.0437. The molecule has 1 aliphatic heterocycles. The average molecular weight is 355 g/mol. The summed E-state index contributed by atoms with van der Waals surface area (Å²) in [5.41, 5.74) is -0.251. The highest BCUT2D eigenvalue weighted by atomic mass is 32.2. The molecule has 9 heteroatoms. The number of sulfonamides is 1. The van der Waals surface area contributed by atoms with Gasteiger partial charge in [-0.05, 0) is 36.6 Å². The van der Waals surface area contributed by atoms with Crippen LogP contribution in [0.25, 0.3) is 0 Å². The summed E-state index contributed by atoms with van der Waals surface area (Å²) in [5.74, 6) is -1.34. The molecule has 0 aliphatic carbocycles. The van der Waals surface area contributed by atoms with Crippen LogP contribution in [0.5, 0.6) is 5.75 Å². The summed E-state index contributed by atoms with van der Waals surface area (Å²) in [6.45, 7) is 1.31. The van der Waals surface area contributed by atoms with E-state index in [0.717, 1.165) is 12.5 Å². The normalized spacial score (nSPS) is 14.9. The highest BCUT2D eigenvalue weighted by Crippen LogP contribution is 2.24. The summed E-state index contributed by atoms with van der Waals surface area (Å²) in [6, 6.07) is 3.48. The minimum Gasteiger partial charge on any atom is -0.545 e. The van der Waals surface area contributed by atoms with Crippen LogP contribution in [-0.4, -0.2) is 51.9 Å². The Bertz CT molecular complexity index is 731. The van der Waals surface area contributed by atoms with Crippen LogP contribution >= 0.6 is 0 Å². The number of benzene rings is 1. The molecule has 0 atom stereocenters. The molecule has 1 aliphatic rings. The van der Waals surface area contributed by atoms with Gasteiger partial charge in [-0.15, -0.1) is 0 Å². The number of amides is 1. The molecule has 2 rings (SSSR count). The zero-order chi connectivity index (χ0) is 17.7. The lowest BCUT2D eigenvalue weighted by atomic mass is 10.2. The fourth-order valence-corrected chi connectivity index (χ4v) is 3.78. The molecule has 1 N–H and O–H groups in total. The molecule has 1 heterocycles. The second kappa shape index (κ2) is 7.63. The van der Waals surface area contributed by atoms with Gasteiger partial charge < -0.3 is 19.5 Å². The van der Waals surface area contributed by atoms with Crippen molar-refractivity contribution in [2.75, 3.05) is 26.7 Å². The predicted molar refractivity (Wildman–Crippen MR) is 82.9 cm³/mol. The van der Waals surface area contributed by atoms with Crippen LogP contribution in [0.2, 0.25) is 0 Å². The van der Waals surface area contributed by atoms with E-state index < -0.39 is 16.0 Å². The summed E-state index contributed by atoms with van der Waals surface area (Å²) in [4.78, 5) is 23.8. The third-order valence-corrected chi connectivity index (χ3v) is 5.24. The lowest BCUT2D eigenvalue weighted by Crippen LogP contribution is -2.31. The Hall–Kier alpha value is -2.13. The second-order valence-electron chi connectivity index (χ2n) is 5.39. The van der Waals surface area contributed by atoms with Crippen molar-refractivity contribution in [2.45, 2.75) is 24.2 Å². The van der Waals surface area contributed by atoms with Gasteiger partial charge in [0.2, 0.25) is 15.9 Å². The van der Waals surface area contributed by atoms with E-state index in [2.05, 4.69) is 4.72 Å². The molecule has 1 fully saturated rings. The summed E-state index contributed by atoms with van der Waals surface area (Å²) < 4.78 is 32.1. The first-order valence-corrected chi connectivity index (χ1v) is 9.00. The van der Waals surface area contributed by atoms with Gasteiger partial charge in [0.15, 0.2) is 0 Å². The van der Waals surface area contributed by atoms with Gasteiger partial charge in [-0.2, -0.15) is 0 Å². The van der Waals surface area contributed by atoms with E-state index in [-0.39, 0.29) is 28.7 Å². The highest BCUT2D eigenvalue weighted by molar-refractivity contribution is 7.89. The molecule has 132 valence electrons. The molecule has 0 saturated carbocycles. The Kier molecular flexibility index (Phi) is 5.79. The number of hydrogen-bond donors (Lipinski definition) is 1. The van der Waals surface area contributed by atoms with Crippen LogP contribution in [-0.2, 0) is 14.8 Å². The van der Waals surface area contributed by atoms with Crippen LogP contribution in [0.1, 0.15) is 29.6 Å². The first-order valence-electron chi connectivity index (χ1n) is 7.52. The third kappa shape index (κ3) is 4.24. The SMILES string of the molecule is COc1ccc(C(=O)[O-])cc1S(=O)(=O)NCCCN1CCCC1=O. The number of carbonyl (C=O) groups is 2. The van der Waals surface area contributed by atoms with Crippen molar-refractivity contribution in [1.29, 1.82) is 0 Å². The van der Waals surface area contributed by atoms with Crippen LogP contribution in [0.15, 0.2) is 23.1 Å². The number of ether oxygens (including phenoxy) is 1. The third-order valence-electron chi connectivity index (χ3n) is 3.76. The van der Waals surface area contributed by atoms with Crippen molar-refractivity contribution in [1.82, 2.24) is 9.62 Å². The lowest BCUT2D eigenvalue weighted by Gasteiger charge is -2.16. The first-order chi connectivity index (χ1) is 11.3. The highest BCUT2D eigenvalue weighted by Gasteiger charge is 2.22. The second-order valence-corrected chi connectivity index (χ2v) is 7.12. The topological polar surface area (TPSA) is 116 Å². The van der Waals surface area contributed by atoms with E-state index in [1.165, 1.54) is 19.2 Å². The molecule has 0 radical (unpaired) electrons. The van der Waals surface area contributed by atoms with Crippen molar-refractivity contribution < 1.29 is 27.9 Å². The lowest BCUT2D eigenvalue weighted by molar-refractivity contribution is -0.255. The fraction of sp³-hybridized carbons (Fsp3) is 0.467. The minimum atomic E-state index is -3.94. The van der Waals surface area contributed by atoms with Gasteiger partial charge in [0.1, 0.15) is 10.6 Å². The van der Waals surface area contributed by atoms with Crippen molar-refractivity contribution in [2.24, 2.45) is 0 Å². The molecule has 8 nitrogen and oxygen atoms in total. The monoisotopic (exact) mass is 355 g/mol. The smallest absolute Gasteiger partial charge is 0.244 e. The summed E-state index contributed by atoms with van der Waals surface area (Å²) in [7, 11) is -2.64. The van der Waals surface area contributed by atoms with Gasteiger partial charge in [-0.3, -0.25) is 4.79 Å². The molecule has 0 spiro atoms. The Morgan fingerprint density at radius 2 is 2.17 bits per heavy atom. The number of carboxylic acid groups (broad SMARTS) is 1. The Morgan fingerprint density at radius 3 is 2.75 bits per heavy atom. The Balaban J connectivity index is 2.02. The molecule has 0 aromatic heterocycles. The van der Waals surface area contributed by atoms with Crippen molar-refractivity contribution in [3.8, 4) is 5.75 Å². The Labute approximate surface area is 140 Å². The number of nitrogens with zero attached hydrogens (tertiary/aromatic N) is 1. The number of hydrogen-bond acceptors (Lipinski definition) is 6. The van der Waals surface area contributed by atoms with Crippen LogP contribution in [0.3, 0.4) is 0 Å². The number of carboxylic acids is 1. The summed E-state index contributed by atoms with van der Waals surface area (Å²) >= 11 is 0. The summed E-state index contributed by atoms with van der Waals surface area (Å²) in [5, 5.41) is 10.9. The van der Waals surface area contributed by atoms with Gasteiger partial charge in [-0.1, -0.05) is 0 Å². The number of likely N-dealkylation sites (tertiary alicyclic amines) is 1. The maximum Gasteiger partial charge on any atom is 0.244 e. The van der Waals surface area contributed by atoms with Gasteiger partial charge in [-0.25, -0.2) is 13.1 Å². The molecule has 0 bridgehead atoms. The average Bonchev–Trinajstić information content (AvgIpc) is 2.96. The van der Waals surface area contributed by atoms with Crippen LogP contribution in [0.4, 0.5) is 0 Å². The number of rotatable bonds is 8. The predicted octanol–water partition coefficient (Wildman–Crippen LogP) is -0.650. The molecular weight excluding hydrogens is 336 g/mol. The van der Waals surface area contributed by atoms with Gasteiger partial charge in [0.05, 0.1) is 13.1 Å². The molecule has 24 heavy (non-hydrogen) atoms. The zero-order valence-electron chi connectivity index (χ0n) is 13.3. The van der Waals surface area contributed by atoms with Gasteiger partial charge in [0, 0.05) is 26.1 Å².